The minimum atomic E-state index is 0.664. The highest BCUT2D eigenvalue weighted by Gasteiger charge is 2.18. The summed E-state index contributed by atoms with van der Waals surface area (Å²) in [7, 11) is 1.95. The van der Waals surface area contributed by atoms with Crippen LogP contribution in [0.1, 0.15) is 23.1 Å². The Bertz CT molecular complexity index is 1270. The number of aromatic nitrogens is 4. The summed E-state index contributed by atoms with van der Waals surface area (Å²) < 4.78 is 1.87. The van der Waals surface area contributed by atoms with E-state index in [1.54, 1.807) is 0 Å². The summed E-state index contributed by atoms with van der Waals surface area (Å²) in [6, 6.07) is 13.9. The van der Waals surface area contributed by atoms with E-state index in [0.29, 0.717) is 5.56 Å². The van der Waals surface area contributed by atoms with Crippen molar-refractivity contribution in [2.24, 2.45) is 7.05 Å². The molecule has 1 aliphatic heterocycles. The number of nitrogens with one attached hydrogen (secondary N) is 1. The Labute approximate surface area is 175 Å². The molecule has 6 heteroatoms. The number of hydrogen-bond acceptors (Lipinski definition) is 4. The largest absolute Gasteiger partial charge is 0.346 e. The Balaban J connectivity index is 1.35. The van der Waals surface area contributed by atoms with Crippen molar-refractivity contribution in [3.63, 3.8) is 0 Å². The summed E-state index contributed by atoms with van der Waals surface area (Å²) in [6.07, 6.45) is 9.32. The van der Waals surface area contributed by atoms with Crippen molar-refractivity contribution in [2.75, 3.05) is 13.1 Å². The third-order valence-corrected chi connectivity index (χ3v) is 5.68. The van der Waals surface area contributed by atoms with Crippen molar-refractivity contribution in [1.29, 1.82) is 5.26 Å². The number of aromatic amines is 1. The molecule has 4 aromatic rings. The fourth-order valence-electron chi connectivity index (χ4n) is 4.16. The lowest BCUT2D eigenvalue weighted by atomic mass is 9.99. The molecule has 0 aliphatic carbocycles. The lowest BCUT2D eigenvalue weighted by molar-refractivity contribution is 0.294. The van der Waals surface area contributed by atoms with Gasteiger partial charge in [-0.1, -0.05) is 18.2 Å². The second-order valence-corrected chi connectivity index (χ2v) is 7.68. The molecule has 0 atom stereocenters. The first-order valence-corrected chi connectivity index (χ1v) is 10.1. The fraction of sp³-hybridized carbons (Fsp3) is 0.208. The first-order chi connectivity index (χ1) is 14.7. The van der Waals surface area contributed by atoms with Gasteiger partial charge in [0.05, 0.1) is 17.3 Å². The van der Waals surface area contributed by atoms with Gasteiger partial charge in [-0.25, -0.2) is 4.98 Å². The van der Waals surface area contributed by atoms with Gasteiger partial charge in [-0.05, 0) is 36.3 Å². The molecule has 148 valence electrons. The van der Waals surface area contributed by atoms with E-state index in [0.717, 1.165) is 43.0 Å². The zero-order valence-corrected chi connectivity index (χ0v) is 16.8. The van der Waals surface area contributed by atoms with Gasteiger partial charge in [-0.2, -0.15) is 10.4 Å². The van der Waals surface area contributed by atoms with Gasteiger partial charge in [0.15, 0.2) is 0 Å². The third kappa shape index (κ3) is 3.40. The first kappa shape index (κ1) is 18.3. The summed E-state index contributed by atoms with van der Waals surface area (Å²) in [5, 5.41) is 14.9. The molecule has 3 aromatic heterocycles. The van der Waals surface area contributed by atoms with E-state index in [-0.39, 0.29) is 0 Å². The Kier molecular flexibility index (Phi) is 4.66. The second kappa shape index (κ2) is 7.62. The molecule has 4 heterocycles. The Morgan fingerprint density at radius 1 is 1.20 bits per heavy atom. The highest BCUT2D eigenvalue weighted by atomic mass is 15.3. The van der Waals surface area contributed by atoms with E-state index < -0.39 is 0 Å². The van der Waals surface area contributed by atoms with E-state index in [2.05, 4.69) is 50.6 Å². The fourth-order valence-corrected chi connectivity index (χ4v) is 4.16. The van der Waals surface area contributed by atoms with Crippen LogP contribution in [0.25, 0.3) is 27.9 Å². The van der Waals surface area contributed by atoms with Crippen molar-refractivity contribution < 1.29 is 0 Å². The predicted octanol–water partition coefficient (Wildman–Crippen LogP) is 4.12. The number of H-pyrrole nitrogens is 1. The molecule has 30 heavy (non-hydrogen) atoms. The molecule has 0 bridgehead atoms. The molecular weight excluding hydrogens is 372 g/mol. The minimum absolute atomic E-state index is 0.664. The number of nitriles is 1. The molecule has 6 nitrogen and oxygen atoms in total. The van der Waals surface area contributed by atoms with Crippen molar-refractivity contribution in [3.05, 3.63) is 77.8 Å². The molecule has 0 saturated carbocycles. The monoisotopic (exact) mass is 394 g/mol. The SMILES string of the molecule is Cn1cc(CN2CC=C(c3c[nH]c4ncccc34)CC2)c(-c2ccc(C#N)cc2)n1. The highest BCUT2D eigenvalue weighted by Crippen LogP contribution is 2.30. The average molecular weight is 394 g/mol. The van der Waals surface area contributed by atoms with Crippen LogP contribution < -0.4 is 0 Å². The van der Waals surface area contributed by atoms with E-state index in [1.807, 2.05) is 48.3 Å². The summed E-state index contributed by atoms with van der Waals surface area (Å²) in [5.74, 6) is 0. The lowest BCUT2D eigenvalue weighted by Gasteiger charge is -2.26. The van der Waals surface area contributed by atoms with Gasteiger partial charge in [0.25, 0.3) is 0 Å². The van der Waals surface area contributed by atoms with Crippen LogP contribution in [0.2, 0.25) is 0 Å². The quantitative estimate of drug-likeness (QED) is 0.565. The number of hydrogen-bond donors (Lipinski definition) is 1. The molecular formula is C24H22N6. The molecule has 0 unspecified atom stereocenters. The minimum Gasteiger partial charge on any atom is -0.346 e. The standard InChI is InChI=1S/C24H22N6/c1-29-15-20(23(28-29)19-6-4-17(13-25)5-7-19)16-30-11-8-18(9-12-30)22-14-27-24-21(22)3-2-10-26-24/h2-8,10,14-15H,9,11-12,16H2,1H3,(H,26,27). The van der Waals surface area contributed by atoms with Crippen LogP contribution in [-0.4, -0.2) is 37.7 Å². The maximum atomic E-state index is 9.04. The van der Waals surface area contributed by atoms with Crippen molar-refractivity contribution in [1.82, 2.24) is 24.6 Å². The molecule has 0 radical (unpaired) electrons. The van der Waals surface area contributed by atoms with Gasteiger partial charge >= 0.3 is 0 Å². The van der Waals surface area contributed by atoms with Gasteiger partial charge in [0, 0.05) is 67.3 Å². The van der Waals surface area contributed by atoms with Crippen LogP contribution in [0, 0.1) is 11.3 Å². The van der Waals surface area contributed by atoms with Gasteiger partial charge in [0.2, 0.25) is 0 Å². The van der Waals surface area contributed by atoms with Crippen LogP contribution in [0.15, 0.2) is 61.1 Å². The van der Waals surface area contributed by atoms with Crippen LogP contribution in [0.5, 0.6) is 0 Å². The first-order valence-electron chi connectivity index (χ1n) is 10.1. The summed E-state index contributed by atoms with van der Waals surface area (Å²) in [6.45, 7) is 2.76. The van der Waals surface area contributed by atoms with Crippen molar-refractivity contribution in [2.45, 2.75) is 13.0 Å². The molecule has 1 aromatic carbocycles. The summed E-state index contributed by atoms with van der Waals surface area (Å²) in [4.78, 5) is 10.1. The topological polar surface area (TPSA) is 73.5 Å². The van der Waals surface area contributed by atoms with E-state index in [1.165, 1.54) is 22.1 Å². The molecule has 0 fully saturated rings. The van der Waals surface area contributed by atoms with Gasteiger partial charge in [-0.15, -0.1) is 0 Å². The van der Waals surface area contributed by atoms with E-state index >= 15 is 0 Å². The predicted molar refractivity (Wildman–Crippen MR) is 117 cm³/mol. The Hall–Kier alpha value is -3.69. The normalized spacial score (nSPS) is 14.6. The summed E-state index contributed by atoms with van der Waals surface area (Å²) >= 11 is 0. The van der Waals surface area contributed by atoms with Crippen LogP contribution >= 0.6 is 0 Å². The zero-order valence-electron chi connectivity index (χ0n) is 16.8. The molecule has 0 spiro atoms. The van der Waals surface area contributed by atoms with Gasteiger partial charge in [0.1, 0.15) is 5.65 Å². The third-order valence-electron chi connectivity index (χ3n) is 5.68. The maximum absolute atomic E-state index is 9.04. The number of pyridine rings is 1. The molecule has 0 saturated heterocycles. The van der Waals surface area contributed by atoms with E-state index in [9.17, 15) is 0 Å². The Morgan fingerprint density at radius 3 is 2.83 bits per heavy atom. The zero-order chi connectivity index (χ0) is 20.5. The van der Waals surface area contributed by atoms with Gasteiger partial charge in [-0.3, -0.25) is 9.58 Å². The number of fused-ring (bicyclic) bond motifs is 1. The Morgan fingerprint density at radius 2 is 2.07 bits per heavy atom. The van der Waals surface area contributed by atoms with Crippen LogP contribution in [0.3, 0.4) is 0 Å². The van der Waals surface area contributed by atoms with Crippen molar-refractivity contribution >= 4 is 16.6 Å². The number of benzene rings is 1. The maximum Gasteiger partial charge on any atom is 0.137 e. The average Bonchev–Trinajstić information content (AvgIpc) is 3.38. The smallest absolute Gasteiger partial charge is 0.137 e. The molecule has 0 amide bonds. The van der Waals surface area contributed by atoms with Crippen molar-refractivity contribution in [3.8, 4) is 17.3 Å². The number of nitrogens with zero attached hydrogens (tertiary/aromatic N) is 5. The number of aryl methyl sites for hydroxylation is 1. The second-order valence-electron chi connectivity index (χ2n) is 7.68. The van der Waals surface area contributed by atoms with Crippen LogP contribution in [-0.2, 0) is 13.6 Å². The number of rotatable bonds is 4. The van der Waals surface area contributed by atoms with E-state index in [4.69, 9.17) is 5.26 Å². The molecule has 1 aliphatic rings. The van der Waals surface area contributed by atoms with Gasteiger partial charge < -0.3 is 4.98 Å². The molecule has 1 N–H and O–H groups in total. The molecule has 5 rings (SSSR count). The van der Waals surface area contributed by atoms with Crippen LogP contribution in [0.4, 0.5) is 0 Å². The lowest BCUT2D eigenvalue weighted by Crippen LogP contribution is -2.28. The summed E-state index contributed by atoms with van der Waals surface area (Å²) in [5.41, 5.74) is 7.48. The highest BCUT2D eigenvalue weighted by molar-refractivity contribution is 5.90.